The van der Waals surface area contributed by atoms with E-state index >= 15 is 0 Å². The van der Waals surface area contributed by atoms with Crippen LogP contribution in [0.2, 0.25) is 0 Å². The van der Waals surface area contributed by atoms with Gasteiger partial charge in [0.25, 0.3) is 5.91 Å². The van der Waals surface area contributed by atoms with Crippen molar-refractivity contribution in [3.05, 3.63) is 107 Å². The first kappa shape index (κ1) is 19.7. The van der Waals surface area contributed by atoms with Crippen molar-refractivity contribution in [3.8, 4) is 0 Å². The highest BCUT2D eigenvalue weighted by molar-refractivity contribution is 8.01. The Kier molecular flexibility index (Phi) is 5.36. The predicted octanol–water partition coefficient (Wildman–Crippen LogP) is 5.85. The maximum atomic E-state index is 13.9. The Morgan fingerprint density at radius 2 is 1.97 bits per heavy atom. The van der Waals surface area contributed by atoms with Crippen molar-refractivity contribution in [1.82, 2.24) is 10.3 Å². The number of benzene rings is 2. The third-order valence-corrected chi connectivity index (χ3v) is 7.01. The first-order valence-electron chi connectivity index (χ1n) is 9.60. The molecule has 0 saturated heterocycles. The summed E-state index contributed by atoms with van der Waals surface area (Å²) in [6.45, 7) is 0.348. The van der Waals surface area contributed by atoms with E-state index in [9.17, 15) is 9.18 Å². The molecule has 0 unspecified atom stereocenters. The molecule has 0 radical (unpaired) electrons. The SMILES string of the molecule is O=C(NCc1ccccn1)c1ccc2c(c1)N=C(c1cccc(F)c1)c1ccsc1S2. The summed E-state index contributed by atoms with van der Waals surface area (Å²) in [5.41, 5.74) is 4.38. The first-order chi connectivity index (χ1) is 15.2. The molecule has 4 nitrogen and oxygen atoms in total. The van der Waals surface area contributed by atoms with Crippen LogP contribution in [0, 0.1) is 5.82 Å². The minimum Gasteiger partial charge on any atom is -0.346 e. The summed E-state index contributed by atoms with van der Waals surface area (Å²) >= 11 is 3.24. The fraction of sp³-hybridized carbons (Fsp3) is 0.0417. The third kappa shape index (κ3) is 4.15. The zero-order valence-electron chi connectivity index (χ0n) is 16.2. The largest absolute Gasteiger partial charge is 0.346 e. The van der Waals surface area contributed by atoms with Gasteiger partial charge in [0.15, 0.2) is 0 Å². The van der Waals surface area contributed by atoms with Gasteiger partial charge in [-0.2, -0.15) is 0 Å². The van der Waals surface area contributed by atoms with Crippen LogP contribution in [0.4, 0.5) is 10.1 Å². The molecule has 0 saturated carbocycles. The van der Waals surface area contributed by atoms with E-state index in [0.717, 1.165) is 20.4 Å². The average molecular weight is 446 g/mol. The minimum absolute atomic E-state index is 0.194. The van der Waals surface area contributed by atoms with Gasteiger partial charge in [0.05, 0.1) is 27.8 Å². The van der Waals surface area contributed by atoms with Crippen LogP contribution in [0.15, 0.2) is 92.4 Å². The van der Waals surface area contributed by atoms with Gasteiger partial charge in [-0.3, -0.25) is 9.78 Å². The van der Waals surface area contributed by atoms with Crippen LogP contribution < -0.4 is 5.32 Å². The number of nitrogens with one attached hydrogen (secondary N) is 1. The van der Waals surface area contributed by atoms with Crippen molar-refractivity contribution in [2.24, 2.45) is 4.99 Å². The third-order valence-electron chi connectivity index (χ3n) is 4.80. The van der Waals surface area contributed by atoms with E-state index < -0.39 is 0 Å². The molecule has 31 heavy (non-hydrogen) atoms. The second kappa shape index (κ2) is 8.45. The maximum absolute atomic E-state index is 13.9. The molecule has 0 fully saturated rings. The van der Waals surface area contributed by atoms with Crippen molar-refractivity contribution in [3.63, 3.8) is 0 Å². The molecule has 7 heteroatoms. The van der Waals surface area contributed by atoms with E-state index in [1.165, 1.54) is 12.1 Å². The molecular formula is C24H16FN3OS2. The minimum atomic E-state index is -0.309. The number of aromatic nitrogens is 1. The molecule has 2 aromatic heterocycles. The van der Waals surface area contributed by atoms with E-state index in [1.807, 2.05) is 41.8 Å². The highest BCUT2D eigenvalue weighted by Gasteiger charge is 2.21. The lowest BCUT2D eigenvalue weighted by molar-refractivity contribution is 0.0950. The van der Waals surface area contributed by atoms with E-state index in [1.54, 1.807) is 47.5 Å². The molecule has 152 valence electrons. The van der Waals surface area contributed by atoms with Crippen LogP contribution >= 0.6 is 23.1 Å². The molecule has 4 aromatic rings. The smallest absolute Gasteiger partial charge is 0.251 e. The molecule has 0 bridgehead atoms. The molecule has 0 aliphatic carbocycles. The van der Waals surface area contributed by atoms with Gasteiger partial charge >= 0.3 is 0 Å². The number of halogens is 1. The van der Waals surface area contributed by atoms with Crippen molar-refractivity contribution in [2.45, 2.75) is 15.6 Å². The number of fused-ring (bicyclic) bond motifs is 2. The van der Waals surface area contributed by atoms with E-state index in [-0.39, 0.29) is 11.7 Å². The number of thiophene rings is 1. The summed E-state index contributed by atoms with van der Waals surface area (Å²) in [7, 11) is 0. The maximum Gasteiger partial charge on any atom is 0.251 e. The van der Waals surface area contributed by atoms with E-state index in [4.69, 9.17) is 4.99 Å². The second-order valence-corrected chi connectivity index (χ2v) is 9.11. The number of rotatable bonds is 4. The highest BCUT2D eigenvalue weighted by atomic mass is 32.2. The number of carbonyl (C=O) groups is 1. The normalized spacial score (nSPS) is 12.4. The zero-order valence-corrected chi connectivity index (χ0v) is 17.8. The first-order valence-corrected chi connectivity index (χ1v) is 11.3. The Morgan fingerprint density at radius 1 is 1.03 bits per heavy atom. The van der Waals surface area contributed by atoms with Gasteiger partial charge in [0.2, 0.25) is 0 Å². The zero-order chi connectivity index (χ0) is 21.2. The molecule has 0 atom stereocenters. The Bertz CT molecular complexity index is 1300. The highest BCUT2D eigenvalue weighted by Crippen LogP contribution is 2.44. The van der Waals surface area contributed by atoms with Crippen molar-refractivity contribution >= 4 is 40.4 Å². The molecule has 3 heterocycles. The second-order valence-electron chi connectivity index (χ2n) is 6.88. The summed E-state index contributed by atoms with van der Waals surface area (Å²) in [6.07, 6.45) is 1.70. The van der Waals surface area contributed by atoms with Crippen LogP contribution in [0.1, 0.15) is 27.2 Å². The van der Waals surface area contributed by atoms with Gasteiger partial charge in [-0.05, 0) is 53.9 Å². The van der Waals surface area contributed by atoms with Gasteiger partial charge < -0.3 is 5.32 Å². The number of hydrogen-bond donors (Lipinski definition) is 1. The van der Waals surface area contributed by atoms with Gasteiger partial charge in [0.1, 0.15) is 5.82 Å². The molecule has 2 aromatic carbocycles. The Labute approximate surface area is 186 Å². The molecule has 1 N–H and O–H groups in total. The summed E-state index contributed by atoms with van der Waals surface area (Å²) < 4.78 is 15.0. The molecule has 1 aliphatic heterocycles. The summed E-state index contributed by atoms with van der Waals surface area (Å²) in [4.78, 5) is 22.8. The predicted molar refractivity (Wildman–Crippen MR) is 122 cm³/mol. The van der Waals surface area contributed by atoms with Gasteiger partial charge in [-0.15, -0.1) is 11.3 Å². The number of amides is 1. The van der Waals surface area contributed by atoms with Gasteiger partial charge in [-0.1, -0.05) is 30.0 Å². The standard InChI is InChI=1S/C24H16FN3OS2/c25-17-5-3-4-15(12-17)22-19-9-11-30-24(19)31-21-8-7-16(13-20(21)28-22)23(29)27-14-18-6-1-2-10-26-18/h1-13H,14H2,(H,27,29). The number of hydrogen-bond acceptors (Lipinski definition) is 5. The van der Waals surface area contributed by atoms with Crippen LogP contribution in [-0.2, 0) is 6.54 Å². The lowest BCUT2D eigenvalue weighted by Gasteiger charge is -2.08. The Balaban J connectivity index is 1.50. The van der Waals surface area contributed by atoms with E-state index in [2.05, 4.69) is 10.3 Å². The Hall–Kier alpha value is -3.29. The number of aliphatic imine (C=N–C) groups is 1. The topological polar surface area (TPSA) is 54.4 Å². The monoisotopic (exact) mass is 445 g/mol. The Morgan fingerprint density at radius 3 is 2.81 bits per heavy atom. The number of carbonyl (C=O) groups excluding carboxylic acids is 1. The van der Waals surface area contributed by atoms with Crippen LogP contribution in [0.5, 0.6) is 0 Å². The van der Waals surface area contributed by atoms with Gasteiger partial charge in [-0.25, -0.2) is 9.38 Å². The van der Waals surface area contributed by atoms with Crippen LogP contribution in [0.3, 0.4) is 0 Å². The lowest BCUT2D eigenvalue weighted by Crippen LogP contribution is -2.23. The fourth-order valence-electron chi connectivity index (χ4n) is 3.29. The molecule has 1 aliphatic rings. The molecule has 1 amide bonds. The summed E-state index contributed by atoms with van der Waals surface area (Å²) in [5, 5.41) is 4.91. The lowest BCUT2D eigenvalue weighted by atomic mass is 10.0. The molecule has 0 spiro atoms. The molecular weight excluding hydrogens is 429 g/mol. The summed E-state index contributed by atoms with van der Waals surface area (Å²) in [6, 6.07) is 19.5. The number of nitrogens with zero attached hydrogens (tertiary/aromatic N) is 2. The quantitative estimate of drug-likeness (QED) is 0.378. The van der Waals surface area contributed by atoms with E-state index in [0.29, 0.717) is 29.1 Å². The van der Waals surface area contributed by atoms with Crippen LogP contribution in [-0.4, -0.2) is 16.6 Å². The van der Waals surface area contributed by atoms with Crippen molar-refractivity contribution in [2.75, 3.05) is 0 Å². The summed E-state index contributed by atoms with van der Waals surface area (Å²) in [5.74, 6) is -0.503. The average Bonchev–Trinajstić information content (AvgIpc) is 3.19. The van der Waals surface area contributed by atoms with Crippen molar-refractivity contribution in [1.29, 1.82) is 0 Å². The van der Waals surface area contributed by atoms with Crippen molar-refractivity contribution < 1.29 is 9.18 Å². The molecule has 5 rings (SSSR count). The van der Waals surface area contributed by atoms with Crippen LogP contribution in [0.25, 0.3) is 0 Å². The number of pyridine rings is 1. The van der Waals surface area contributed by atoms with Gasteiger partial charge in [0, 0.05) is 27.8 Å². The fourth-order valence-corrected chi connectivity index (χ4v) is 5.36.